The van der Waals surface area contributed by atoms with Crippen molar-refractivity contribution < 1.29 is 22.7 Å². The van der Waals surface area contributed by atoms with E-state index in [1.165, 1.54) is 0 Å². The Labute approximate surface area is 123 Å². The highest BCUT2D eigenvalue weighted by Gasteiger charge is 2.26. The number of hydrogen-bond donors (Lipinski definition) is 2. The average molecular weight is 315 g/mol. The Morgan fingerprint density at radius 3 is 2.43 bits per heavy atom. The zero-order valence-electron chi connectivity index (χ0n) is 11.7. The topological polar surface area (TPSA) is 83.5 Å². The molecule has 0 spiro atoms. The van der Waals surface area contributed by atoms with Crippen LogP contribution in [0, 0.1) is 11.7 Å². The Bertz CT molecular complexity index is 636. The molecule has 0 aromatic heterocycles. The molecule has 1 saturated carbocycles. The molecule has 0 amide bonds. The van der Waals surface area contributed by atoms with Gasteiger partial charge in [-0.15, -0.1) is 0 Å². The first-order valence-corrected chi connectivity index (χ1v) is 8.33. The van der Waals surface area contributed by atoms with Crippen molar-refractivity contribution in [2.75, 3.05) is 0 Å². The summed E-state index contributed by atoms with van der Waals surface area (Å²) < 4.78 is 40.7. The molecule has 0 saturated heterocycles. The van der Waals surface area contributed by atoms with Crippen LogP contribution < -0.4 is 4.72 Å². The monoisotopic (exact) mass is 315 g/mol. The summed E-state index contributed by atoms with van der Waals surface area (Å²) in [5.41, 5.74) is -0.280. The average Bonchev–Trinajstić information content (AvgIpc) is 2.40. The second kappa shape index (κ2) is 6.11. The molecule has 1 aromatic carbocycles. The van der Waals surface area contributed by atoms with Crippen LogP contribution in [0.2, 0.25) is 0 Å². The van der Waals surface area contributed by atoms with Crippen molar-refractivity contribution in [3.8, 4) is 0 Å². The van der Waals surface area contributed by atoms with Gasteiger partial charge in [-0.3, -0.25) is 0 Å². The first-order valence-electron chi connectivity index (χ1n) is 6.85. The summed E-state index contributed by atoms with van der Waals surface area (Å²) in [5.74, 6) is -1.77. The van der Waals surface area contributed by atoms with Gasteiger partial charge in [0.25, 0.3) is 0 Å². The summed E-state index contributed by atoms with van der Waals surface area (Å²) in [4.78, 5) is 10.2. The van der Waals surface area contributed by atoms with E-state index in [0.29, 0.717) is 5.92 Å². The SMILES string of the molecule is CC1CCC(NS(=O)(=O)c2ccc(C(=O)O)cc2F)CC1. The number of benzene rings is 1. The van der Waals surface area contributed by atoms with Gasteiger partial charge in [0.1, 0.15) is 10.7 Å². The van der Waals surface area contributed by atoms with Gasteiger partial charge in [-0.2, -0.15) is 0 Å². The highest BCUT2D eigenvalue weighted by molar-refractivity contribution is 7.89. The molecule has 1 fully saturated rings. The van der Waals surface area contributed by atoms with E-state index in [1.807, 2.05) is 0 Å². The minimum Gasteiger partial charge on any atom is -0.478 e. The van der Waals surface area contributed by atoms with Crippen LogP contribution in [-0.4, -0.2) is 25.5 Å². The van der Waals surface area contributed by atoms with Gasteiger partial charge >= 0.3 is 5.97 Å². The number of rotatable bonds is 4. The van der Waals surface area contributed by atoms with Crippen molar-refractivity contribution in [1.82, 2.24) is 4.72 Å². The number of nitrogens with one attached hydrogen (secondary N) is 1. The lowest BCUT2D eigenvalue weighted by Crippen LogP contribution is -2.37. The third-order valence-electron chi connectivity index (χ3n) is 3.81. The Hall–Kier alpha value is -1.47. The summed E-state index contributed by atoms with van der Waals surface area (Å²) in [6.07, 6.45) is 3.34. The molecule has 2 N–H and O–H groups in total. The van der Waals surface area contributed by atoms with Gasteiger partial charge in [0.2, 0.25) is 10.0 Å². The van der Waals surface area contributed by atoms with Crippen LogP contribution in [0.15, 0.2) is 23.1 Å². The fourth-order valence-corrected chi connectivity index (χ4v) is 3.88. The van der Waals surface area contributed by atoms with Crippen LogP contribution in [0.3, 0.4) is 0 Å². The Morgan fingerprint density at radius 2 is 1.90 bits per heavy atom. The molecule has 21 heavy (non-hydrogen) atoms. The third-order valence-corrected chi connectivity index (χ3v) is 5.36. The van der Waals surface area contributed by atoms with Gasteiger partial charge in [-0.25, -0.2) is 22.3 Å². The molecule has 2 rings (SSSR count). The minimum absolute atomic E-state index is 0.190. The molecule has 1 aliphatic rings. The zero-order valence-corrected chi connectivity index (χ0v) is 12.5. The fraction of sp³-hybridized carbons (Fsp3) is 0.500. The van der Waals surface area contributed by atoms with E-state index in [-0.39, 0.29) is 11.6 Å². The van der Waals surface area contributed by atoms with E-state index in [1.54, 1.807) is 0 Å². The van der Waals surface area contributed by atoms with E-state index in [0.717, 1.165) is 43.9 Å². The lowest BCUT2D eigenvalue weighted by Gasteiger charge is -2.26. The maximum absolute atomic E-state index is 13.8. The van der Waals surface area contributed by atoms with E-state index in [4.69, 9.17) is 5.11 Å². The highest BCUT2D eigenvalue weighted by Crippen LogP contribution is 2.25. The number of sulfonamides is 1. The molecular formula is C14H18FNO4S. The van der Waals surface area contributed by atoms with E-state index >= 15 is 0 Å². The summed E-state index contributed by atoms with van der Waals surface area (Å²) in [5, 5.41) is 8.76. The van der Waals surface area contributed by atoms with Crippen molar-refractivity contribution >= 4 is 16.0 Å². The molecule has 1 aliphatic carbocycles. The maximum Gasteiger partial charge on any atom is 0.335 e. The maximum atomic E-state index is 13.8. The van der Waals surface area contributed by atoms with E-state index in [2.05, 4.69) is 11.6 Å². The van der Waals surface area contributed by atoms with Crippen LogP contribution in [0.25, 0.3) is 0 Å². The number of carbonyl (C=O) groups is 1. The lowest BCUT2D eigenvalue weighted by atomic mass is 9.88. The molecule has 0 heterocycles. The normalized spacial score (nSPS) is 23.0. The summed E-state index contributed by atoms with van der Waals surface area (Å²) in [6.45, 7) is 2.12. The second-order valence-corrected chi connectivity index (χ2v) is 7.21. The van der Waals surface area contributed by atoms with Crippen molar-refractivity contribution in [2.45, 2.75) is 43.5 Å². The van der Waals surface area contributed by atoms with Crippen molar-refractivity contribution in [1.29, 1.82) is 0 Å². The Balaban J connectivity index is 2.18. The zero-order chi connectivity index (χ0) is 15.6. The van der Waals surface area contributed by atoms with Crippen LogP contribution in [0.1, 0.15) is 43.0 Å². The number of carboxylic acid groups (broad SMARTS) is 1. The molecule has 116 valence electrons. The first kappa shape index (κ1) is 15.9. The number of aromatic carboxylic acids is 1. The molecule has 1 aromatic rings. The van der Waals surface area contributed by atoms with Gasteiger partial charge in [0.05, 0.1) is 5.56 Å². The molecule has 0 unspecified atom stereocenters. The summed E-state index contributed by atoms with van der Waals surface area (Å²) in [7, 11) is -3.97. The number of halogens is 1. The van der Waals surface area contributed by atoms with Gasteiger partial charge in [0, 0.05) is 6.04 Å². The van der Waals surface area contributed by atoms with Gasteiger partial charge in [-0.1, -0.05) is 6.92 Å². The Morgan fingerprint density at radius 1 is 1.29 bits per heavy atom. The largest absolute Gasteiger partial charge is 0.478 e. The van der Waals surface area contributed by atoms with Crippen molar-refractivity contribution in [3.05, 3.63) is 29.6 Å². The van der Waals surface area contributed by atoms with Crippen molar-refractivity contribution in [2.24, 2.45) is 5.92 Å². The molecule has 7 heteroatoms. The van der Waals surface area contributed by atoms with Crippen LogP contribution in [0.5, 0.6) is 0 Å². The summed E-state index contributed by atoms with van der Waals surface area (Å²) in [6, 6.07) is 2.61. The number of carboxylic acids is 1. The first-order chi connectivity index (χ1) is 9.79. The van der Waals surface area contributed by atoms with Crippen LogP contribution in [-0.2, 0) is 10.0 Å². The van der Waals surface area contributed by atoms with Crippen LogP contribution >= 0.6 is 0 Å². The lowest BCUT2D eigenvalue weighted by molar-refractivity contribution is 0.0696. The molecule has 0 atom stereocenters. The summed E-state index contributed by atoms with van der Waals surface area (Å²) >= 11 is 0. The molecule has 0 aliphatic heterocycles. The van der Waals surface area contributed by atoms with Gasteiger partial charge < -0.3 is 5.11 Å². The van der Waals surface area contributed by atoms with Crippen LogP contribution in [0.4, 0.5) is 4.39 Å². The predicted molar refractivity (Wildman–Crippen MR) is 75.1 cm³/mol. The molecule has 0 bridgehead atoms. The third kappa shape index (κ3) is 3.79. The number of hydrogen-bond acceptors (Lipinski definition) is 3. The highest BCUT2D eigenvalue weighted by atomic mass is 32.2. The molecule has 0 radical (unpaired) electrons. The molecule has 5 nitrogen and oxygen atoms in total. The van der Waals surface area contributed by atoms with Crippen molar-refractivity contribution in [3.63, 3.8) is 0 Å². The predicted octanol–water partition coefficient (Wildman–Crippen LogP) is 2.38. The van der Waals surface area contributed by atoms with E-state index in [9.17, 15) is 17.6 Å². The van der Waals surface area contributed by atoms with E-state index < -0.39 is 26.7 Å². The molecular weight excluding hydrogens is 297 g/mol. The second-order valence-electron chi connectivity index (χ2n) is 5.53. The standard InChI is InChI=1S/C14H18FNO4S/c1-9-2-5-11(6-3-9)16-21(19,20)13-7-4-10(14(17)18)8-12(13)15/h4,7-9,11,16H,2-3,5-6H2,1H3,(H,17,18). The van der Waals surface area contributed by atoms with Gasteiger partial charge in [-0.05, 0) is 49.8 Å². The smallest absolute Gasteiger partial charge is 0.335 e. The minimum atomic E-state index is -3.97. The fourth-order valence-electron chi connectivity index (χ4n) is 2.51. The Kier molecular flexibility index (Phi) is 4.63. The van der Waals surface area contributed by atoms with Gasteiger partial charge in [0.15, 0.2) is 0 Å². The quantitative estimate of drug-likeness (QED) is 0.893.